The van der Waals surface area contributed by atoms with Crippen LogP contribution in [0, 0.1) is 0 Å². The van der Waals surface area contributed by atoms with E-state index in [4.69, 9.17) is 9.15 Å². The molecular weight excluding hydrogens is 248 g/mol. The first kappa shape index (κ1) is 13.6. The molecule has 0 spiro atoms. The van der Waals surface area contributed by atoms with Gasteiger partial charge in [0.15, 0.2) is 0 Å². The van der Waals surface area contributed by atoms with E-state index in [2.05, 4.69) is 5.32 Å². The summed E-state index contributed by atoms with van der Waals surface area (Å²) in [5.41, 5.74) is 0. The van der Waals surface area contributed by atoms with E-state index in [1.165, 1.54) is 0 Å². The third-order valence-corrected chi connectivity index (χ3v) is 3.04. The zero-order valence-electron chi connectivity index (χ0n) is 11.1. The number of nitrogens with zero attached hydrogens (tertiary/aromatic N) is 1. The summed E-state index contributed by atoms with van der Waals surface area (Å²) >= 11 is 0. The molecule has 1 amide bonds. The van der Waals surface area contributed by atoms with Crippen molar-refractivity contribution in [1.29, 1.82) is 0 Å². The van der Waals surface area contributed by atoms with Crippen molar-refractivity contribution < 1.29 is 18.7 Å². The van der Waals surface area contributed by atoms with Crippen LogP contribution in [0.15, 0.2) is 16.5 Å². The van der Waals surface area contributed by atoms with Gasteiger partial charge >= 0.3 is 5.97 Å². The van der Waals surface area contributed by atoms with Gasteiger partial charge in [0.25, 0.3) is 0 Å². The van der Waals surface area contributed by atoms with Crippen LogP contribution in [0.4, 0.5) is 0 Å². The second kappa shape index (κ2) is 5.88. The molecule has 104 valence electrons. The minimum absolute atomic E-state index is 0.133. The summed E-state index contributed by atoms with van der Waals surface area (Å²) in [4.78, 5) is 24.5. The lowest BCUT2D eigenvalue weighted by Gasteiger charge is -2.10. The lowest BCUT2D eigenvalue weighted by atomic mass is 10.2. The lowest BCUT2D eigenvalue weighted by Crippen LogP contribution is -2.30. The smallest absolute Gasteiger partial charge is 0.374 e. The number of amides is 1. The third-order valence-electron chi connectivity index (χ3n) is 3.04. The molecule has 0 radical (unpaired) electrons. The quantitative estimate of drug-likeness (QED) is 0.797. The summed E-state index contributed by atoms with van der Waals surface area (Å²) in [7, 11) is 1.79. The van der Waals surface area contributed by atoms with Crippen molar-refractivity contribution >= 4 is 11.9 Å². The largest absolute Gasteiger partial charge is 0.460 e. The van der Waals surface area contributed by atoms with Crippen molar-refractivity contribution in [3.05, 3.63) is 23.7 Å². The van der Waals surface area contributed by atoms with Crippen LogP contribution in [0.2, 0.25) is 0 Å². The number of hydrogen-bond donors (Lipinski definition) is 1. The first-order chi connectivity index (χ1) is 9.10. The van der Waals surface area contributed by atoms with E-state index in [0.717, 1.165) is 0 Å². The van der Waals surface area contributed by atoms with E-state index < -0.39 is 5.97 Å². The molecule has 0 aliphatic carbocycles. The maximum Gasteiger partial charge on any atom is 0.374 e. The van der Waals surface area contributed by atoms with Gasteiger partial charge < -0.3 is 19.4 Å². The fourth-order valence-corrected chi connectivity index (χ4v) is 2.03. The maximum atomic E-state index is 11.4. The molecule has 1 N–H and O–H groups in total. The van der Waals surface area contributed by atoms with Crippen molar-refractivity contribution in [2.75, 3.05) is 20.2 Å². The second-order valence-electron chi connectivity index (χ2n) is 4.54. The van der Waals surface area contributed by atoms with Crippen molar-refractivity contribution in [2.45, 2.75) is 25.9 Å². The Morgan fingerprint density at radius 3 is 3.00 bits per heavy atom. The molecule has 0 aromatic carbocycles. The molecule has 2 heterocycles. The van der Waals surface area contributed by atoms with E-state index in [0.29, 0.717) is 31.9 Å². The summed E-state index contributed by atoms with van der Waals surface area (Å²) in [6, 6.07) is 3.47. The molecule has 1 aliphatic rings. The molecule has 6 nitrogen and oxygen atoms in total. The van der Waals surface area contributed by atoms with Crippen LogP contribution >= 0.6 is 0 Å². The zero-order valence-corrected chi connectivity index (χ0v) is 11.1. The predicted octanol–water partition coefficient (Wildman–Crippen LogP) is 0.777. The van der Waals surface area contributed by atoms with Gasteiger partial charge in [-0.05, 0) is 19.1 Å². The molecule has 19 heavy (non-hydrogen) atoms. The van der Waals surface area contributed by atoms with Gasteiger partial charge in [-0.25, -0.2) is 4.79 Å². The highest BCUT2D eigenvalue weighted by molar-refractivity contribution is 5.86. The average molecular weight is 266 g/mol. The number of nitrogens with one attached hydrogen (secondary N) is 1. The SMILES string of the molecule is CCOC(=O)c1ccc(CN[C@@H]2CC(=O)N(C)C2)o1. The van der Waals surface area contributed by atoms with Crippen LogP contribution in [0.5, 0.6) is 0 Å². The Balaban J connectivity index is 1.84. The lowest BCUT2D eigenvalue weighted by molar-refractivity contribution is -0.126. The van der Waals surface area contributed by atoms with E-state index in [1.54, 1.807) is 31.0 Å². The Hall–Kier alpha value is -1.82. The molecule has 1 atom stereocenters. The topological polar surface area (TPSA) is 71.8 Å². The van der Waals surface area contributed by atoms with Crippen molar-refractivity contribution in [2.24, 2.45) is 0 Å². The summed E-state index contributed by atoms with van der Waals surface area (Å²) < 4.78 is 10.2. The van der Waals surface area contributed by atoms with E-state index in [-0.39, 0.29) is 17.7 Å². The molecule has 6 heteroatoms. The highest BCUT2D eigenvalue weighted by atomic mass is 16.5. The van der Waals surface area contributed by atoms with Gasteiger partial charge in [0.05, 0.1) is 13.2 Å². The molecule has 1 saturated heterocycles. The van der Waals surface area contributed by atoms with Gasteiger partial charge in [-0.1, -0.05) is 0 Å². The predicted molar refractivity (Wildman–Crippen MR) is 67.5 cm³/mol. The van der Waals surface area contributed by atoms with Crippen LogP contribution in [-0.2, 0) is 16.1 Å². The van der Waals surface area contributed by atoms with E-state index in [9.17, 15) is 9.59 Å². The van der Waals surface area contributed by atoms with E-state index >= 15 is 0 Å². The van der Waals surface area contributed by atoms with Crippen molar-refractivity contribution in [3.63, 3.8) is 0 Å². The molecule has 0 unspecified atom stereocenters. The molecule has 1 fully saturated rings. The van der Waals surface area contributed by atoms with Gasteiger partial charge in [-0.3, -0.25) is 4.79 Å². The molecule has 2 rings (SSSR count). The Morgan fingerprint density at radius 2 is 2.37 bits per heavy atom. The minimum Gasteiger partial charge on any atom is -0.460 e. The number of ether oxygens (including phenoxy) is 1. The monoisotopic (exact) mass is 266 g/mol. The van der Waals surface area contributed by atoms with Crippen molar-refractivity contribution in [3.8, 4) is 0 Å². The molecule has 1 aliphatic heterocycles. The summed E-state index contributed by atoms with van der Waals surface area (Å²) in [5.74, 6) is 0.553. The minimum atomic E-state index is -0.454. The highest BCUT2D eigenvalue weighted by Crippen LogP contribution is 2.12. The van der Waals surface area contributed by atoms with Gasteiger partial charge in [-0.15, -0.1) is 0 Å². The maximum absolute atomic E-state index is 11.4. The number of rotatable bonds is 5. The zero-order chi connectivity index (χ0) is 13.8. The van der Waals surface area contributed by atoms with Gasteiger partial charge in [0.2, 0.25) is 11.7 Å². The molecular formula is C13H18N2O4. The number of carbonyl (C=O) groups is 2. The summed E-state index contributed by atoms with van der Waals surface area (Å²) in [6.07, 6.45) is 0.502. The van der Waals surface area contributed by atoms with Crippen LogP contribution in [0.25, 0.3) is 0 Å². The number of hydrogen-bond acceptors (Lipinski definition) is 5. The Labute approximate surface area is 111 Å². The van der Waals surface area contributed by atoms with Crippen LogP contribution in [0.1, 0.15) is 29.7 Å². The van der Waals surface area contributed by atoms with Gasteiger partial charge in [0.1, 0.15) is 5.76 Å². The molecule has 1 aromatic heterocycles. The Kier molecular flexibility index (Phi) is 4.21. The fraction of sp³-hybridized carbons (Fsp3) is 0.538. The van der Waals surface area contributed by atoms with Crippen LogP contribution in [-0.4, -0.2) is 43.0 Å². The summed E-state index contributed by atoms with van der Waals surface area (Å²) in [6.45, 7) is 3.26. The standard InChI is InChI=1S/C13H18N2O4/c1-3-18-13(17)11-5-4-10(19-11)7-14-9-6-12(16)15(2)8-9/h4-5,9,14H,3,6-8H2,1-2H3/t9-/m1/s1. The van der Waals surface area contributed by atoms with Crippen LogP contribution < -0.4 is 5.32 Å². The number of esters is 1. The molecule has 1 aromatic rings. The van der Waals surface area contributed by atoms with Crippen molar-refractivity contribution in [1.82, 2.24) is 10.2 Å². The Morgan fingerprint density at radius 1 is 1.58 bits per heavy atom. The second-order valence-corrected chi connectivity index (χ2v) is 4.54. The normalized spacial score (nSPS) is 18.9. The first-order valence-electron chi connectivity index (χ1n) is 6.33. The van der Waals surface area contributed by atoms with Gasteiger partial charge in [0, 0.05) is 26.1 Å². The van der Waals surface area contributed by atoms with Crippen LogP contribution in [0.3, 0.4) is 0 Å². The average Bonchev–Trinajstić information content (AvgIpc) is 2.95. The first-order valence-corrected chi connectivity index (χ1v) is 6.33. The highest BCUT2D eigenvalue weighted by Gasteiger charge is 2.26. The number of likely N-dealkylation sites (N-methyl/N-ethyl adjacent to an activating group) is 1. The number of carbonyl (C=O) groups excluding carboxylic acids is 2. The number of furan rings is 1. The number of likely N-dealkylation sites (tertiary alicyclic amines) is 1. The van der Waals surface area contributed by atoms with Gasteiger partial charge in [-0.2, -0.15) is 0 Å². The molecule has 0 bridgehead atoms. The summed E-state index contributed by atoms with van der Waals surface area (Å²) in [5, 5.41) is 3.23. The fourth-order valence-electron chi connectivity index (χ4n) is 2.03. The third kappa shape index (κ3) is 3.35. The molecule has 0 saturated carbocycles. The van der Waals surface area contributed by atoms with E-state index in [1.807, 2.05) is 0 Å². The Bertz CT molecular complexity index is 469.